The van der Waals surface area contributed by atoms with Gasteiger partial charge in [0.2, 0.25) is 11.8 Å². The average Bonchev–Trinajstić information content (AvgIpc) is 2.64. The van der Waals surface area contributed by atoms with Gasteiger partial charge in [0.05, 0.1) is 0 Å². The first-order chi connectivity index (χ1) is 12.4. The van der Waals surface area contributed by atoms with Crippen LogP contribution >= 0.6 is 0 Å². The summed E-state index contributed by atoms with van der Waals surface area (Å²) >= 11 is 0. The Balaban J connectivity index is 2.07. The summed E-state index contributed by atoms with van der Waals surface area (Å²) in [6.07, 6.45) is 4.25. The van der Waals surface area contributed by atoms with Crippen molar-refractivity contribution in [3.8, 4) is 0 Å². The van der Waals surface area contributed by atoms with Crippen molar-refractivity contribution in [2.45, 2.75) is 33.1 Å². The molecule has 0 N–H and O–H groups in total. The summed E-state index contributed by atoms with van der Waals surface area (Å²) in [6, 6.07) is 11.7. The zero-order chi connectivity index (χ0) is 19.1. The molecule has 0 bridgehead atoms. The van der Waals surface area contributed by atoms with Crippen LogP contribution in [0.15, 0.2) is 48.8 Å². The number of carbonyl (C=O) groups is 2. The summed E-state index contributed by atoms with van der Waals surface area (Å²) in [5, 5.41) is 0. The van der Waals surface area contributed by atoms with Gasteiger partial charge in [0.15, 0.2) is 0 Å². The lowest BCUT2D eigenvalue weighted by Gasteiger charge is -2.27. The summed E-state index contributed by atoms with van der Waals surface area (Å²) in [5.74, 6) is 0.0642. The molecule has 5 nitrogen and oxygen atoms in total. The van der Waals surface area contributed by atoms with E-state index < -0.39 is 0 Å². The van der Waals surface area contributed by atoms with Gasteiger partial charge < -0.3 is 9.80 Å². The largest absolute Gasteiger partial charge is 0.344 e. The lowest BCUT2D eigenvalue weighted by Crippen LogP contribution is -2.41. The molecule has 0 saturated carbocycles. The number of rotatable bonds is 7. The molecule has 138 valence electrons. The van der Waals surface area contributed by atoms with Crippen LogP contribution in [0.5, 0.6) is 0 Å². The molecule has 5 heteroatoms. The first-order valence-electron chi connectivity index (χ1n) is 8.90. The van der Waals surface area contributed by atoms with Crippen LogP contribution in [0.25, 0.3) is 0 Å². The molecule has 0 spiro atoms. The fourth-order valence-corrected chi connectivity index (χ4v) is 2.81. The van der Waals surface area contributed by atoms with E-state index in [4.69, 9.17) is 0 Å². The summed E-state index contributed by atoms with van der Waals surface area (Å²) in [7, 11) is 1.77. The van der Waals surface area contributed by atoms with Crippen molar-refractivity contribution in [2.75, 3.05) is 25.0 Å². The molecular weight excluding hydrogens is 326 g/mol. The van der Waals surface area contributed by atoms with E-state index in [1.54, 1.807) is 29.2 Å². The van der Waals surface area contributed by atoms with Crippen molar-refractivity contribution in [3.63, 3.8) is 0 Å². The Hall–Kier alpha value is -2.69. The van der Waals surface area contributed by atoms with Gasteiger partial charge in [0.1, 0.15) is 6.54 Å². The summed E-state index contributed by atoms with van der Waals surface area (Å²) in [4.78, 5) is 32.1. The maximum absolute atomic E-state index is 12.7. The van der Waals surface area contributed by atoms with E-state index in [0.29, 0.717) is 6.54 Å². The van der Waals surface area contributed by atoms with E-state index in [1.807, 2.05) is 36.4 Å². The minimum absolute atomic E-state index is 0.0475. The molecule has 1 aromatic carbocycles. The second-order valence-corrected chi connectivity index (χ2v) is 6.74. The molecule has 2 amide bonds. The second kappa shape index (κ2) is 9.13. The molecule has 0 radical (unpaired) electrons. The number of hydrogen-bond donors (Lipinski definition) is 0. The van der Waals surface area contributed by atoms with Gasteiger partial charge in [0.25, 0.3) is 0 Å². The monoisotopic (exact) mass is 353 g/mol. The summed E-state index contributed by atoms with van der Waals surface area (Å²) in [6.45, 7) is 6.31. The van der Waals surface area contributed by atoms with Crippen LogP contribution in [0.1, 0.15) is 37.8 Å². The standard InChI is InChI=1S/C21H27N3O2/c1-16(2)19-7-5-6-8-20(19)24(17(3)25)15-21(26)23(4)14-11-18-9-12-22-13-10-18/h5-10,12-13,16H,11,14-15H2,1-4H3. The van der Waals surface area contributed by atoms with Crippen molar-refractivity contribution in [3.05, 3.63) is 59.9 Å². The van der Waals surface area contributed by atoms with Crippen molar-refractivity contribution >= 4 is 17.5 Å². The summed E-state index contributed by atoms with van der Waals surface area (Å²) in [5.41, 5.74) is 3.01. The van der Waals surface area contributed by atoms with E-state index in [-0.39, 0.29) is 24.3 Å². The van der Waals surface area contributed by atoms with Crippen molar-refractivity contribution in [1.29, 1.82) is 0 Å². The van der Waals surface area contributed by atoms with E-state index >= 15 is 0 Å². The zero-order valence-corrected chi connectivity index (χ0v) is 16.0. The number of carbonyl (C=O) groups excluding carboxylic acids is 2. The molecule has 2 rings (SSSR count). The molecule has 0 aliphatic heterocycles. The van der Waals surface area contributed by atoms with E-state index in [9.17, 15) is 9.59 Å². The number of anilines is 1. The minimum atomic E-state index is -0.131. The lowest BCUT2D eigenvalue weighted by atomic mass is 10.0. The van der Waals surface area contributed by atoms with Gasteiger partial charge >= 0.3 is 0 Å². The van der Waals surface area contributed by atoms with Crippen LogP contribution in [0.4, 0.5) is 5.69 Å². The van der Waals surface area contributed by atoms with Crippen LogP contribution in [0, 0.1) is 0 Å². The Morgan fingerprint density at radius 1 is 1.08 bits per heavy atom. The number of aromatic nitrogens is 1. The van der Waals surface area contributed by atoms with Crippen LogP contribution in [0.2, 0.25) is 0 Å². The van der Waals surface area contributed by atoms with Crippen LogP contribution < -0.4 is 4.90 Å². The number of nitrogens with zero attached hydrogens (tertiary/aromatic N) is 3. The smallest absolute Gasteiger partial charge is 0.242 e. The van der Waals surface area contributed by atoms with Gasteiger partial charge in [-0.25, -0.2) is 0 Å². The molecule has 0 saturated heterocycles. The van der Waals surface area contributed by atoms with E-state index in [2.05, 4.69) is 18.8 Å². The van der Waals surface area contributed by atoms with Gasteiger partial charge in [-0.05, 0) is 41.7 Å². The third kappa shape index (κ3) is 5.15. The van der Waals surface area contributed by atoms with Crippen LogP contribution in [-0.4, -0.2) is 41.8 Å². The fourth-order valence-electron chi connectivity index (χ4n) is 2.81. The van der Waals surface area contributed by atoms with Crippen LogP contribution in [0.3, 0.4) is 0 Å². The normalized spacial score (nSPS) is 10.7. The Morgan fingerprint density at radius 2 is 1.73 bits per heavy atom. The first kappa shape index (κ1) is 19.6. The molecular formula is C21H27N3O2. The highest BCUT2D eigenvalue weighted by atomic mass is 16.2. The SMILES string of the molecule is CC(=O)N(CC(=O)N(C)CCc1ccncc1)c1ccccc1C(C)C. The molecule has 1 heterocycles. The maximum Gasteiger partial charge on any atom is 0.242 e. The molecule has 0 fully saturated rings. The van der Waals surface area contributed by atoms with Crippen molar-refractivity contribution in [1.82, 2.24) is 9.88 Å². The number of likely N-dealkylation sites (N-methyl/N-ethyl adjacent to an activating group) is 1. The molecule has 0 aliphatic rings. The van der Waals surface area contributed by atoms with E-state index in [1.165, 1.54) is 6.92 Å². The molecule has 2 aromatic rings. The predicted molar refractivity (Wildman–Crippen MR) is 104 cm³/mol. The highest BCUT2D eigenvalue weighted by Gasteiger charge is 2.21. The lowest BCUT2D eigenvalue weighted by molar-refractivity contribution is -0.130. The highest BCUT2D eigenvalue weighted by Crippen LogP contribution is 2.27. The number of benzene rings is 1. The third-order valence-electron chi connectivity index (χ3n) is 4.43. The number of hydrogen-bond acceptors (Lipinski definition) is 3. The Labute approximate surface area is 155 Å². The Bertz CT molecular complexity index is 744. The fraction of sp³-hybridized carbons (Fsp3) is 0.381. The maximum atomic E-state index is 12.7. The quantitative estimate of drug-likeness (QED) is 0.768. The highest BCUT2D eigenvalue weighted by molar-refractivity contribution is 5.98. The minimum Gasteiger partial charge on any atom is -0.344 e. The summed E-state index contributed by atoms with van der Waals surface area (Å²) < 4.78 is 0. The molecule has 26 heavy (non-hydrogen) atoms. The van der Waals surface area contributed by atoms with Gasteiger partial charge in [-0.2, -0.15) is 0 Å². The average molecular weight is 353 g/mol. The Kier molecular flexibility index (Phi) is 6.89. The predicted octanol–water partition coefficient (Wildman–Crippen LogP) is 3.26. The molecule has 0 unspecified atom stereocenters. The molecule has 0 atom stereocenters. The number of amides is 2. The van der Waals surface area contributed by atoms with Gasteiger partial charge in [-0.1, -0.05) is 32.0 Å². The van der Waals surface area contributed by atoms with Gasteiger partial charge in [0, 0.05) is 38.6 Å². The Morgan fingerprint density at radius 3 is 2.35 bits per heavy atom. The molecule has 1 aromatic heterocycles. The van der Waals surface area contributed by atoms with Gasteiger partial charge in [-0.3, -0.25) is 14.6 Å². The van der Waals surface area contributed by atoms with Crippen molar-refractivity contribution < 1.29 is 9.59 Å². The number of pyridine rings is 1. The van der Waals surface area contributed by atoms with Crippen LogP contribution in [-0.2, 0) is 16.0 Å². The third-order valence-corrected chi connectivity index (χ3v) is 4.43. The second-order valence-electron chi connectivity index (χ2n) is 6.74. The zero-order valence-electron chi connectivity index (χ0n) is 16.0. The van der Waals surface area contributed by atoms with Gasteiger partial charge in [-0.15, -0.1) is 0 Å². The van der Waals surface area contributed by atoms with Crippen molar-refractivity contribution in [2.24, 2.45) is 0 Å². The molecule has 0 aliphatic carbocycles. The topological polar surface area (TPSA) is 53.5 Å². The first-order valence-corrected chi connectivity index (χ1v) is 8.90. The number of para-hydroxylation sites is 1. The van der Waals surface area contributed by atoms with E-state index in [0.717, 1.165) is 23.2 Å².